The lowest BCUT2D eigenvalue weighted by Gasteiger charge is -2.76. The van der Waals surface area contributed by atoms with Gasteiger partial charge in [0.2, 0.25) is 0 Å². The first-order valence-corrected chi connectivity index (χ1v) is 32.8. The maximum Gasteiger partial charge on any atom is 0.160 e. The number of hydrogen-bond donors (Lipinski definition) is 4. The van der Waals surface area contributed by atoms with Crippen LogP contribution in [0, 0.1) is 62.1 Å². The van der Waals surface area contributed by atoms with Crippen LogP contribution in [-0.2, 0) is 44.9 Å². The van der Waals surface area contributed by atoms with Crippen LogP contribution in [0.4, 0.5) is 0 Å². The van der Waals surface area contributed by atoms with Crippen molar-refractivity contribution in [2.45, 2.75) is 244 Å². The summed E-state index contributed by atoms with van der Waals surface area (Å²) in [5.74, 6) is 2.88. The van der Waals surface area contributed by atoms with Gasteiger partial charge in [0, 0.05) is 79.2 Å². The van der Waals surface area contributed by atoms with Crippen LogP contribution in [-0.4, -0.2) is 73.4 Å². The summed E-state index contributed by atoms with van der Waals surface area (Å²) >= 11 is 0. The van der Waals surface area contributed by atoms with E-state index in [1.165, 1.54) is 95.9 Å². The molecule has 9 nitrogen and oxygen atoms in total. The third kappa shape index (κ3) is 6.68. The molecule has 1 spiro atoms. The van der Waals surface area contributed by atoms with Crippen molar-refractivity contribution in [1.29, 1.82) is 0 Å². The number of aliphatic hydroxyl groups excluding tert-OH is 2. The van der Waals surface area contributed by atoms with E-state index in [2.05, 4.69) is 99.8 Å². The average Bonchev–Trinajstić information content (AvgIpc) is 1.27. The van der Waals surface area contributed by atoms with Crippen LogP contribution in [0.2, 0.25) is 0 Å². The Bertz CT molecular complexity index is 3250. The number of nitrogens with zero attached hydrogens (tertiary/aromatic N) is 1. The van der Waals surface area contributed by atoms with Crippen molar-refractivity contribution in [3.05, 3.63) is 92.6 Å². The first-order chi connectivity index (χ1) is 38.3. The Morgan fingerprint density at radius 1 is 0.812 bits per heavy atom. The predicted octanol–water partition coefficient (Wildman–Crippen LogP) is 14.0. The molecule has 16 rings (SSSR count). The highest BCUT2D eigenvalue weighted by atomic mass is 16.6. The minimum Gasteiger partial charge on any atom is -0.392 e. The lowest BCUT2D eigenvalue weighted by molar-refractivity contribution is -0.271. The van der Waals surface area contributed by atoms with Gasteiger partial charge in [-0.3, -0.25) is 9.59 Å². The third-order valence-electron chi connectivity index (χ3n) is 27.8. The zero-order chi connectivity index (χ0) is 54.8. The summed E-state index contributed by atoms with van der Waals surface area (Å²) in [6, 6.07) is 7.55. The summed E-state index contributed by atoms with van der Waals surface area (Å²) in [6.07, 6.45) is 27.9. The number of aliphatic hydroxyl groups is 2. The number of aryl methyl sites for hydroxylation is 1. The van der Waals surface area contributed by atoms with E-state index in [1.807, 2.05) is 0 Å². The van der Waals surface area contributed by atoms with E-state index >= 15 is 9.59 Å². The Labute approximate surface area is 476 Å². The fraction of sp³-hybridized carbons (Fsp3) is 0.718. The molecule has 9 heteroatoms. The van der Waals surface area contributed by atoms with Crippen molar-refractivity contribution >= 4 is 22.6 Å². The van der Waals surface area contributed by atoms with Gasteiger partial charge in [-0.15, -0.1) is 0 Å². The summed E-state index contributed by atoms with van der Waals surface area (Å²) in [7, 11) is 0. The number of benzene rings is 1. The van der Waals surface area contributed by atoms with Gasteiger partial charge in [-0.05, 0) is 230 Å². The largest absolute Gasteiger partial charge is 0.392 e. The minimum absolute atomic E-state index is 0.133. The molecule has 6 heterocycles. The lowest BCUT2D eigenvalue weighted by atomic mass is 9.27. The van der Waals surface area contributed by atoms with Gasteiger partial charge in [-0.25, -0.2) is 0 Å². The standard InChI is InChI=1S/C71H93N3O6/c1-65(2)64(80-65)53(76)34-66(3)24-18-43-36-73-59-44(30-39-31-49(41-22-28-79-29-23-41)47-17-16-40-12-8-11-15-46(40)50(47)32-39)37-74(60(43)59)38-51-55-57(66)52(75)35-68(55,5)67(4)25-20-54-69(6,45-13-9-10-14-45)63(78)56-48-21-27-72-58(48)42-19-26-71(56,33-42)70(54,7)62(67)61(51)77/h21,27,31-32,36-37,40-42,45-46,51,53-54,56,61-62,64,72-73,76-77H,8-20,22-26,28-30,33-35,38H2,1-7H3/t40-,42+,46-,51-,53-,54+,56-,61-,62+,64-,66+,67+,68+,69+,70-,71+/m1/s1. The van der Waals surface area contributed by atoms with Crippen LogP contribution in [0.15, 0.2) is 47.9 Å². The zero-order valence-electron chi connectivity index (χ0n) is 49.5. The number of ketones is 2. The van der Waals surface area contributed by atoms with Gasteiger partial charge in [-0.1, -0.05) is 72.4 Å². The highest BCUT2D eigenvalue weighted by Crippen LogP contribution is 2.84. The number of carbonyl (C=O) groups is 2. The van der Waals surface area contributed by atoms with Crippen molar-refractivity contribution in [2.75, 3.05) is 13.2 Å². The molecular weight excluding hydrogens is 991 g/mol. The number of nitrogens with one attached hydrogen (secondary N) is 2. The molecule has 9 aliphatic carbocycles. The maximum atomic E-state index is 16.3. The molecule has 0 radical (unpaired) electrons. The van der Waals surface area contributed by atoms with E-state index in [4.69, 9.17) is 9.47 Å². The minimum atomic E-state index is -0.756. The fourth-order valence-corrected chi connectivity index (χ4v) is 24.1. The quantitative estimate of drug-likeness (QED) is 0.136. The van der Waals surface area contributed by atoms with Crippen molar-refractivity contribution in [3.8, 4) is 0 Å². The number of hydrogen-bond acceptors (Lipinski definition) is 6. The van der Waals surface area contributed by atoms with Crippen molar-refractivity contribution < 1.29 is 29.3 Å². The fourth-order valence-electron chi connectivity index (χ4n) is 24.1. The van der Waals surface area contributed by atoms with Gasteiger partial charge in [0.05, 0.1) is 34.8 Å². The van der Waals surface area contributed by atoms with Crippen molar-refractivity contribution in [3.63, 3.8) is 0 Å². The molecule has 0 unspecified atom stereocenters. The second-order valence-electron chi connectivity index (χ2n) is 31.4. The Morgan fingerprint density at radius 3 is 2.36 bits per heavy atom. The molecule has 16 atom stereocenters. The summed E-state index contributed by atoms with van der Waals surface area (Å²) in [5, 5.41) is 27.1. The Kier molecular flexibility index (Phi) is 11.3. The molecule has 3 aromatic heterocycles. The highest BCUT2D eigenvalue weighted by Gasteiger charge is 2.81. The molecule has 4 aromatic rings. The van der Waals surface area contributed by atoms with Gasteiger partial charge in [0.1, 0.15) is 11.9 Å². The van der Waals surface area contributed by atoms with Gasteiger partial charge in [0.15, 0.2) is 5.78 Å². The van der Waals surface area contributed by atoms with Crippen molar-refractivity contribution in [1.82, 2.24) is 14.5 Å². The molecular formula is C71H93N3O6. The molecule has 2 bridgehead atoms. The van der Waals surface area contributed by atoms with E-state index in [1.54, 1.807) is 16.7 Å². The lowest BCUT2D eigenvalue weighted by Crippen LogP contribution is -2.74. The topological polar surface area (TPSA) is 133 Å². The Balaban J connectivity index is 0.876. The number of ether oxygens (including phenoxy) is 2. The van der Waals surface area contributed by atoms with Crippen LogP contribution in [0.5, 0.6) is 0 Å². The molecule has 1 aromatic carbocycles. The monoisotopic (exact) mass is 1080 g/mol. The highest BCUT2D eigenvalue weighted by molar-refractivity contribution is 6.02. The molecule has 8 fully saturated rings. The number of H-pyrrole nitrogens is 2. The Morgan fingerprint density at radius 2 is 1.57 bits per heavy atom. The van der Waals surface area contributed by atoms with Crippen molar-refractivity contribution in [2.24, 2.45) is 62.1 Å². The van der Waals surface area contributed by atoms with Gasteiger partial charge >= 0.3 is 0 Å². The molecule has 2 saturated heterocycles. The summed E-state index contributed by atoms with van der Waals surface area (Å²) in [5.41, 5.74) is 12.8. The normalized spacial score (nSPS) is 43.0. The van der Waals surface area contributed by atoms with Gasteiger partial charge in [-0.2, -0.15) is 0 Å². The van der Waals surface area contributed by atoms with E-state index in [9.17, 15) is 10.2 Å². The van der Waals surface area contributed by atoms with Crippen LogP contribution < -0.4 is 0 Å². The number of Topliss-reactive ketones (excluding diaryl/α,β-unsaturated/α-hetero) is 2. The van der Waals surface area contributed by atoms with Crippen LogP contribution >= 0.6 is 0 Å². The molecule has 80 heavy (non-hydrogen) atoms. The molecule has 6 saturated carbocycles. The SMILES string of the molecule is CC1(C)O[C@@H]1[C@H](O)C[C@]1(C)CCc2c[nH]c3c(Cc4cc(C5CCOCC5)c5c(c4)[C@@H]4CCCC[C@@H]4CC5)cn(c23)C[C@@H]2C3=C1C(=O)C[C@]3(C)[C@@]1(C)CC[C@@H]3[C@](C)([C@H]1[C@@H]2O)[C@@]12CC[C@@H](C1)c1[nH]ccc1[C@@H]2C(=O)[C@@]3(C)C1CCCC1. The van der Waals surface area contributed by atoms with Gasteiger partial charge in [0.25, 0.3) is 0 Å². The van der Waals surface area contributed by atoms with Crippen LogP contribution in [0.3, 0.4) is 0 Å². The second kappa shape index (κ2) is 17.4. The van der Waals surface area contributed by atoms with E-state index in [-0.39, 0.29) is 46.4 Å². The molecule has 4 N–H and O–H groups in total. The number of aromatic nitrogens is 3. The zero-order valence-corrected chi connectivity index (χ0v) is 49.5. The number of rotatable bonds is 7. The van der Waals surface area contributed by atoms with E-state index in [0.29, 0.717) is 55.3 Å². The summed E-state index contributed by atoms with van der Waals surface area (Å²) in [6.45, 7) is 18.8. The molecule has 3 aliphatic heterocycles. The molecule has 428 valence electrons. The Hall–Kier alpha value is -3.76. The maximum absolute atomic E-state index is 16.3. The number of carbonyl (C=O) groups excluding carboxylic acids is 2. The smallest absolute Gasteiger partial charge is 0.160 e. The van der Waals surface area contributed by atoms with E-state index < -0.39 is 39.5 Å². The first-order valence-electron chi connectivity index (χ1n) is 32.8. The van der Waals surface area contributed by atoms with Gasteiger partial charge < -0.3 is 34.2 Å². The van der Waals surface area contributed by atoms with E-state index in [0.717, 1.165) is 95.3 Å². The molecule has 12 aliphatic rings. The predicted molar refractivity (Wildman–Crippen MR) is 312 cm³/mol. The second-order valence-corrected chi connectivity index (χ2v) is 31.4. The van der Waals surface area contributed by atoms with Crippen LogP contribution in [0.1, 0.15) is 239 Å². The van der Waals surface area contributed by atoms with Crippen LogP contribution in [0.25, 0.3) is 11.0 Å². The first kappa shape index (κ1) is 51.8. The average molecular weight is 1080 g/mol. The third-order valence-corrected chi connectivity index (χ3v) is 27.8. The number of epoxide rings is 1. The molecule has 0 amide bonds. The number of aromatic amines is 2. The summed E-state index contributed by atoms with van der Waals surface area (Å²) < 4.78 is 14.7. The number of fused-ring (bicyclic) bond motifs is 11. The number of allylic oxidation sites excluding steroid dienone is 1. The summed E-state index contributed by atoms with van der Waals surface area (Å²) in [4.78, 5) is 39.9.